The van der Waals surface area contributed by atoms with Crippen molar-refractivity contribution in [3.63, 3.8) is 0 Å². The van der Waals surface area contributed by atoms with Gasteiger partial charge in [0.25, 0.3) is 15.9 Å². The Kier molecular flexibility index (Phi) is 6.15. The Balaban J connectivity index is 1.70. The number of carbonyl (C=O) groups excluding carboxylic acids is 1. The van der Waals surface area contributed by atoms with E-state index in [1.54, 1.807) is 24.3 Å². The summed E-state index contributed by atoms with van der Waals surface area (Å²) in [5, 5.41) is 2.83. The minimum Gasteiger partial charge on any atom is -0.352 e. The highest BCUT2D eigenvalue weighted by atomic mass is 35.5. The molecule has 27 heavy (non-hydrogen) atoms. The number of carbonyl (C=O) groups is 1. The summed E-state index contributed by atoms with van der Waals surface area (Å²) < 4.78 is 27.9. The van der Waals surface area contributed by atoms with Crippen LogP contribution in [0.25, 0.3) is 0 Å². The molecule has 0 saturated carbocycles. The quantitative estimate of drug-likeness (QED) is 0.602. The Bertz CT molecular complexity index is 1030. The average Bonchev–Trinajstić information content (AvgIpc) is 3.10. The van der Waals surface area contributed by atoms with E-state index in [0.717, 1.165) is 16.9 Å². The van der Waals surface area contributed by atoms with Crippen molar-refractivity contribution in [1.29, 1.82) is 0 Å². The second kappa shape index (κ2) is 8.56. The van der Waals surface area contributed by atoms with Crippen molar-refractivity contribution >= 4 is 44.6 Å². The summed E-state index contributed by atoms with van der Waals surface area (Å²) in [6.45, 7) is 0.449. The molecule has 3 rings (SSSR count). The van der Waals surface area contributed by atoms with Crippen molar-refractivity contribution in [1.82, 2.24) is 5.32 Å². The lowest BCUT2D eigenvalue weighted by atomic mass is 10.1. The number of hydrogen-bond acceptors (Lipinski definition) is 4. The van der Waals surface area contributed by atoms with Crippen LogP contribution in [-0.4, -0.2) is 20.9 Å². The molecule has 0 radical (unpaired) electrons. The molecular formula is C19H17ClN2O3S2. The largest absolute Gasteiger partial charge is 0.352 e. The van der Waals surface area contributed by atoms with Crippen LogP contribution in [0.5, 0.6) is 0 Å². The minimum atomic E-state index is -3.81. The third-order valence-corrected chi connectivity index (χ3v) is 6.86. The van der Waals surface area contributed by atoms with Crippen molar-refractivity contribution in [2.75, 3.05) is 11.3 Å². The van der Waals surface area contributed by atoms with Crippen molar-refractivity contribution in [3.8, 4) is 0 Å². The van der Waals surface area contributed by atoms with Gasteiger partial charge in [-0.3, -0.25) is 9.52 Å². The first-order valence-electron chi connectivity index (χ1n) is 8.15. The summed E-state index contributed by atoms with van der Waals surface area (Å²) >= 11 is 6.78. The van der Waals surface area contributed by atoms with Crippen molar-refractivity contribution in [2.45, 2.75) is 10.6 Å². The molecule has 0 atom stereocenters. The summed E-state index contributed by atoms with van der Waals surface area (Å²) in [6, 6.07) is 19.2. The predicted octanol–water partition coefficient (Wildman–Crippen LogP) is 4.17. The van der Waals surface area contributed by atoms with Crippen LogP contribution in [0.15, 0.2) is 70.9 Å². The maximum absolute atomic E-state index is 12.5. The number of thiophene rings is 1. The molecule has 0 bridgehead atoms. The summed E-state index contributed by atoms with van der Waals surface area (Å²) in [6.07, 6.45) is 0.689. The number of halogens is 1. The van der Waals surface area contributed by atoms with Gasteiger partial charge >= 0.3 is 0 Å². The monoisotopic (exact) mass is 420 g/mol. The Morgan fingerprint density at radius 2 is 1.67 bits per heavy atom. The number of hydrogen-bond donors (Lipinski definition) is 2. The first kappa shape index (κ1) is 19.4. The van der Waals surface area contributed by atoms with E-state index in [1.807, 2.05) is 30.3 Å². The van der Waals surface area contributed by atoms with Crippen LogP contribution < -0.4 is 10.0 Å². The second-order valence-corrected chi connectivity index (χ2v) is 9.33. The van der Waals surface area contributed by atoms with E-state index in [-0.39, 0.29) is 21.4 Å². The molecule has 0 saturated heterocycles. The van der Waals surface area contributed by atoms with Gasteiger partial charge in [-0.2, -0.15) is 0 Å². The van der Waals surface area contributed by atoms with Gasteiger partial charge < -0.3 is 5.32 Å². The first-order valence-corrected chi connectivity index (χ1v) is 10.8. The molecule has 0 spiro atoms. The Hall–Kier alpha value is -2.35. The van der Waals surface area contributed by atoms with Crippen LogP contribution >= 0.6 is 22.9 Å². The molecule has 0 aliphatic heterocycles. The van der Waals surface area contributed by atoms with E-state index in [1.165, 1.54) is 12.1 Å². The fraction of sp³-hybridized carbons (Fsp3) is 0.105. The zero-order valence-corrected chi connectivity index (χ0v) is 16.6. The fourth-order valence-corrected chi connectivity index (χ4v) is 5.03. The number of para-hydroxylation sites is 1. The molecule has 2 aromatic carbocycles. The van der Waals surface area contributed by atoms with Gasteiger partial charge in [-0.1, -0.05) is 54.1 Å². The molecule has 3 aromatic rings. The van der Waals surface area contributed by atoms with E-state index in [0.29, 0.717) is 17.3 Å². The van der Waals surface area contributed by atoms with Crippen LogP contribution in [0, 0.1) is 0 Å². The summed E-state index contributed by atoms with van der Waals surface area (Å²) in [7, 11) is -3.81. The topological polar surface area (TPSA) is 75.3 Å². The van der Waals surface area contributed by atoms with Crippen molar-refractivity contribution in [2.24, 2.45) is 0 Å². The Morgan fingerprint density at radius 1 is 0.963 bits per heavy atom. The lowest BCUT2D eigenvalue weighted by Gasteiger charge is -2.12. The molecule has 0 aliphatic rings. The van der Waals surface area contributed by atoms with Gasteiger partial charge in [0.2, 0.25) is 0 Å². The molecule has 1 heterocycles. The van der Waals surface area contributed by atoms with Crippen LogP contribution in [-0.2, 0) is 16.4 Å². The summed E-state index contributed by atoms with van der Waals surface area (Å²) in [5.41, 5.74) is 1.59. The van der Waals surface area contributed by atoms with Crippen molar-refractivity contribution < 1.29 is 13.2 Å². The van der Waals surface area contributed by atoms with Crippen LogP contribution in [0.4, 0.5) is 5.69 Å². The van der Waals surface area contributed by atoms with Gasteiger partial charge in [0.05, 0.1) is 15.6 Å². The molecule has 0 fully saturated rings. The van der Waals surface area contributed by atoms with Crippen LogP contribution in [0.2, 0.25) is 4.34 Å². The second-order valence-electron chi connectivity index (χ2n) is 5.70. The van der Waals surface area contributed by atoms with Gasteiger partial charge in [0, 0.05) is 6.54 Å². The maximum atomic E-state index is 12.5. The van der Waals surface area contributed by atoms with E-state index >= 15 is 0 Å². The zero-order valence-electron chi connectivity index (χ0n) is 14.2. The van der Waals surface area contributed by atoms with E-state index < -0.39 is 10.0 Å². The Labute approximate surface area is 167 Å². The van der Waals surface area contributed by atoms with Gasteiger partial charge in [-0.15, -0.1) is 11.3 Å². The molecule has 2 N–H and O–H groups in total. The predicted molar refractivity (Wildman–Crippen MR) is 109 cm³/mol. The number of nitrogens with one attached hydrogen (secondary N) is 2. The highest BCUT2D eigenvalue weighted by Crippen LogP contribution is 2.28. The summed E-state index contributed by atoms with van der Waals surface area (Å²) in [5.74, 6) is -0.339. The molecule has 1 amide bonds. The standard InChI is InChI=1S/C19H17ClN2O3S2/c20-17-10-11-18(26-17)27(24,25)22-16-9-5-4-8-15(16)19(23)21-13-12-14-6-2-1-3-7-14/h1-11,22H,12-13H2,(H,21,23). The Morgan fingerprint density at radius 3 is 2.37 bits per heavy atom. The number of sulfonamides is 1. The summed E-state index contributed by atoms with van der Waals surface area (Å²) in [4.78, 5) is 12.5. The third kappa shape index (κ3) is 5.09. The van der Waals surface area contributed by atoms with Gasteiger partial charge in [-0.25, -0.2) is 8.42 Å². The minimum absolute atomic E-state index is 0.0896. The molecule has 0 unspecified atom stereocenters. The fourth-order valence-electron chi connectivity index (χ4n) is 2.47. The lowest BCUT2D eigenvalue weighted by Crippen LogP contribution is -2.27. The van der Waals surface area contributed by atoms with Crippen LogP contribution in [0.3, 0.4) is 0 Å². The molecule has 0 aliphatic carbocycles. The highest BCUT2D eigenvalue weighted by molar-refractivity contribution is 7.94. The van der Waals surface area contributed by atoms with Crippen molar-refractivity contribution in [3.05, 3.63) is 82.2 Å². The molecule has 8 heteroatoms. The molecular weight excluding hydrogens is 404 g/mol. The molecule has 1 aromatic heterocycles. The van der Waals surface area contributed by atoms with Gasteiger partial charge in [0.15, 0.2) is 0 Å². The van der Waals surface area contributed by atoms with E-state index in [4.69, 9.17) is 11.6 Å². The van der Waals surface area contributed by atoms with Gasteiger partial charge in [0.1, 0.15) is 4.21 Å². The van der Waals surface area contributed by atoms with E-state index in [2.05, 4.69) is 10.0 Å². The maximum Gasteiger partial charge on any atom is 0.271 e. The smallest absolute Gasteiger partial charge is 0.271 e. The third-order valence-electron chi connectivity index (χ3n) is 3.77. The SMILES string of the molecule is O=C(NCCc1ccccc1)c1ccccc1NS(=O)(=O)c1ccc(Cl)s1. The van der Waals surface area contributed by atoms with Gasteiger partial charge in [-0.05, 0) is 36.2 Å². The zero-order chi connectivity index (χ0) is 19.3. The van der Waals surface area contributed by atoms with E-state index in [9.17, 15) is 13.2 Å². The first-order chi connectivity index (χ1) is 13.0. The lowest BCUT2D eigenvalue weighted by molar-refractivity contribution is 0.0955. The number of amides is 1. The number of benzene rings is 2. The normalized spacial score (nSPS) is 11.1. The highest BCUT2D eigenvalue weighted by Gasteiger charge is 2.20. The molecule has 140 valence electrons. The average molecular weight is 421 g/mol. The number of rotatable bonds is 7. The van der Waals surface area contributed by atoms with Crippen LogP contribution in [0.1, 0.15) is 15.9 Å². The molecule has 5 nitrogen and oxygen atoms in total. The number of anilines is 1.